The molecule has 5 heteroatoms. The van der Waals surface area contributed by atoms with Crippen LogP contribution in [0.5, 0.6) is 0 Å². The highest BCUT2D eigenvalue weighted by atomic mass is 79.9. The molecule has 4 nitrogen and oxygen atoms in total. The molecule has 1 rings (SSSR count). The summed E-state index contributed by atoms with van der Waals surface area (Å²) in [6, 6.07) is 0. The van der Waals surface area contributed by atoms with Crippen LogP contribution in [0.2, 0.25) is 0 Å². The summed E-state index contributed by atoms with van der Waals surface area (Å²) < 4.78 is 6.10. The minimum atomic E-state index is 0.775. The number of anilines is 1. The molecule has 1 aromatic heterocycles. The lowest BCUT2D eigenvalue weighted by atomic mass is 10.4. The predicted octanol–water partition coefficient (Wildman–Crippen LogP) is 2.08. The first kappa shape index (κ1) is 11.4. The molecule has 0 spiro atoms. The Labute approximate surface area is 92.2 Å². The van der Waals surface area contributed by atoms with Crippen LogP contribution < -0.4 is 5.32 Å². The van der Waals surface area contributed by atoms with Crippen molar-refractivity contribution in [3.05, 3.63) is 17.0 Å². The van der Waals surface area contributed by atoms with Crippen LogP contribution in [0.3, 0.4) is 0 Å². The van der Waals surface area contributed by atoms with Crippen molar-refractivity contribution in [2.45, 2.75) is 13.3 Å². The molecule has 78 valence electrons. The van der Waals surface area contributed by atoms with Crippen molar-refractivity contribution < 1.29 is 4.74 Å². The Morgan fingerprint density at radius 1 is 1.57 bits per heavy atom. The minimum absolute atomic E-state index is 0.775. The smallest absolute Gasteiger partial charge is 0.143 e. The van der Waals surface area contributed by atoms with Crippen molar-refractivity contribution in [3.63, 3.8) is 0 Å². The zero-order valence-corrected chi connectivity index (χ0v) is 9.75. The van der Waals surface area contributed by atoms with E-state index in [1.807, 2.05) is 6.92 Å². The molecule has 0 fully saturated rings. The normalized spacial score (nSPS) is 10.1. The molecule has 1 heterocycles. The van der Waals surface area contributed by atoms with Gasteiger partial charge in [0.2, 0.25) is 0 Å². The van der Waals surface area contributed by atoms with E-state index in [0.29, 0.717) is 0 Å². The molecule has 0 unspecified atom stereocenters. The lowest BCUT2D eigenvalue weighted by molar-refractivity contribution is 0.147. The third kappa shape index (κ3) is 4.02. The Morgan fingerprint density at radius 3 is 3.14 bits per heavy atom. The van der Waals surface area contributed by atoms with Crippen LogP contribution in [0.4, 0.5) is 5.82 Å². The molecule has 0 amide bonds. The van der Waals surface area contributed by atoms with E-state index >= 15 is 0 Å². The fourth-order valence-corrected chi connectivity index (χ4v) is 1.33. The van der Waals surface area contributed by atoms with Crippen LogP contribution in [-0.4, -0.2) is 29.7 Å². The standard InChI is InChI=1S/C9H14BrN3O/c1-2-14-5-3-4-12-9-8(10)6-11-7-13-9/h6-7H,2-5H2,1H3,(H,11,12,13). The molecule has 0 saturated carbocycles. The molecule has 14 heavy (non-hydrogen) atoms. The second kappa shape index (κ2) is 6.73. The van der Waals surface area contributed by atoms with E-state index in [0.717, 1.165) is 36.5 Å². The van der Waals surface area contributed by atoms with Gasteiger partial charge in [0.1, 0.15) is 12.1 Å². The lowest BCUT2D eigenvalue weighted by Crippen LogP contribution is -2.07. The van der Waals surface area contributed by atoms with Gasteiger partial charge in [0.25, 0.3) is 0 Å². The largest absolute Gasteiger partial charge is 0.382 e. The maximum atomic E-state index is 5.22. The van der Waals surface area contributed by atoms with Gasteiger partial charge in [0.15, 0.2) is 0 Å². The Bertz CT molecular complexity index is 270. The minimum Gasteiger partial charge on any atom is -0.382 e. The first-order chi connectivity index (χ1) is 6.84. The number of halogens is 1. The third-order valence-electron chi connectivity index (χ3n) is 1.63. The third-order valence-corrected chi connectivity index (χ3v) is 2.21. The molecular weight excluding hydrogens is 246 g/mol. The van der Waals surface area contributed by atoms with Gasteiger partial charge in [-0.15, -0.1) is 0 Å². The Hall–Kier alpha value is -0.680. The van der Waals surface area contributed by atoms with E-state index < -0.39 is 0 Å². The van der Waals surface area contributed by atoms with Crippen LogP contribution in [0.15, 0.2) is 17.0 Å². The second-order valence-electron chi connectivity index (χ2n) is 2.70. The summed E-state index contributed by atoms with van der Waals surface area (Å²) >= 11 is 3.36. The first-order valence-corrected chi connectivity index (χ1v) is 5.41. The van der Waals surface area contributed by atoms with Gasteiger partial charge >= 0.3 is 0 Å². The molecule has 0 atom stereocenters. The van der Waals surface area contributed by atoms with Crippen LogP contribution in [0, 0.1) is 0 Å². The van der Waals surface area contributed by atoms with Gasteiger partial charge in [-0.3, -0.25) is 0 Å². The fourth-order valence-electron chi connectivity index (χ4n) is 0.968. The number of ether oxygens (including phenoxy) is 1. The average molecular weight is 260 g/mol. The summed E-state index contributed by atoms with van der Waals surface area (Å²) in [4.78, 5) is 7.97. The van der Waals surface area contributed by atoms with E-state index in [-0.39, 0.29) is 0 Å². The van der Waals surface area contributed by atoms with Crippen molar-refractivity contribution in [2.75, 3.05) is 25.1 Å². The molecule has 0 aromatic carbocycles. The molecule has 1 aromatic rings. The topological polar surface area (TPSA) is 47.0 Å². The maximum Gasteiger partial charge on any atom is 0.143 e. The number of hydrogen-bond acceptors (Lipinski definition) is 4. The van der Waals surface area contributed by atoms with E-state index in [4.69, 9.17) is 4.74 Å². The van der Waals surface area contributed by atoms with E-state index in [2.05, 4.69) is 31.2 Å². The van der Waals surface area contributed by atoms with Gasteiger partial charge in [0, 0.05) is 26.0 Å². The molecule has 0 radical (unpaired) electrons. The fraction of sp³-hybridized carbons (Fsp3) is 0.556. The Kier molecular flexibility index (Phi) is 5.47. The van der Waals surface area contributed by atoms with Crippen LogP contribution in [-0.2, 0) is 4.74 Å². The number of hydrogen-bond donors (Lipinski definition) is 1. The predicted molar refractivity (Wildman–Crippen MR) is 59.3 cm³/mol. The quantitative estimate of drug-likeness (QED) is 0.795. The van der Waals surface area contributed by atoms with E-state index in [9.17, 15) is 0 Å². The summed E-state index contributed by atoms with van der Waals surface area (Å²) in [5.74, 6) is 0.830. The average Bonchev–Trinajstić information content (AvgIpc) is 2.20. The maximum absolute atomic E-state index is 5.22. The lowest BCUT2D eigenvalue weighted by Gasteiger charge is -2.06. The summed E-state index contributed by atoms with van der Waals surface area (Å²) in [5.41, 5.74) is 0. The number of aromatic nitrogens is 2. The highest BCUT2D eigenvalue weighted by Crippen LogP contribution is 2.16. The van der Waals surface area contributed by atoms with Gasteiger partial charge in [-0.2, -0.15) is 0 Å². The van der Waals surface area contributed by atoms with Crippen molar-refractivity contribution in [1.82, 2.24) is 9.97 Å². The van der Waals surface area contributed by atoms with Crippen molar-refractivity contribution in [3.8, 4) is 0 Å². The van der Waals surface area contributed by atoms with Gasteiger partial charge in [-0.25, -0.2) is 9.97 Å². The number of nitrogens with zero attached hydrogens (tertiary/aromatic N) is 2. The van der Waals surface area contributed by atoms with Gasteiger partial charge in [-0.1, -0.05) is 0 Å². The van der Waals surface area contributed by atoms with E-state index in [1.165, 1.54) is 6.33 Å². The van der Waals surface area contributed by atoms with Crippen molar-refractivity contribution in [1.29, 1.82) is 0 Å². The highest BCUT2D eigenvalue weighted by molar-refractivity contribution is 9.10. The summed E-state index contributed by atoms with van der Waals surface area (Å²) in [6.07, 6.45) is 4.22. The molecule has 0 aliphatic carbocycles. The molecular formula is C9H14BrN3O. The summed E-state index contributed by atoms with van der Waals surface area (Å²) in [7, 11) is 0. The second-order valence-corrected chi connectivity index (χ2v) is 3.55. The van der Waals surface area contributed by atoms with Gasteiger partial charge in [0.05, 0.1) is 4.47 Å². The zero-order chi connectivity index (χ0) is 10.2. The molecule has 0 saturated heterocycles. The Morgan fingerprint density at radius 2 is 2.43 bits per heavy atom. The van der Waals surface area contributed by atoms with Crippen molar-refractivity contribution >= 4 is 21.7 Å². The number of nitrogens with one attached hydrogen (secondary N) is 1. The van der Waals surface area contributed by atoms with Crippen LogP contribution in [0.25, 0.3) is 0 Å². The highest BCUT2D eigenvalue weighted by Gasteiger charge is 1.98. The molecule has 0 aliphatic rings. The number of rotatable bonds is 6. The monoisotopic (exact) mass is 259 g/mol. The summed E-state index contributed by atoms with van der Waals surface area (Å²) in [6.45, 7) is 4.41. The van der Waals surface area contributed by atoms with Gasteiger partial charge < -0.3 is 10.1 Å². The molecule has 1 N–H and O–H groups in total. The zero-order valence-electron chi connectivity index (χ0n) is 8.16. The molecule has 0 bridgehead atoms. The van der Waals surface area contributed by atoms with E-state index in [1.54, 1.807) is 6.20 Å². The van der Waals surface area contributed by atoms with Crippen LogP contribution in [0.1, 0.15) is 13.3 Å². The van der Waals surface area contributed by atoms with Crippen molar-refractivity contribution in [2.24, 2.45) is 0 Å². The summed E-state index contributed by atoms with van der Waals surface area (Å²) in [5, 5.41) is 3.19. The SMILES string of the molecule is CCOCCCNc1ncncc1Br. The van der Waals surface area contributed by atoms with Crippen LogP contribution >= 0.6 is 15.9 Å². The molecule has 0 aliphatic heterocycles. The first-order valence-electron chi connectivity index (χ1n) is 4.61. The Balaban J connectivity index is 2.21. The van der Waals surface area contributed by atoms with Gasteiger partial charge in [-0.05, 0) is 29.3 Å².